The lowest BCUT2D eigenvalue weighted by molar-refractivity contribution is 0.0974. The van der Waals surface area contributed by atoms with Crippen molar-refractivity contribution in [2.75, 3.05) is 12.3 Å². The highest BCUT2D eigenvalue weighted by Crippen LogP contribution is 2.21. The highest BCUT2D eigenvalue weighted by atomic mass is 32.2. The van der Waals surface area contributed by atoms with E-state index in [9.17, 15) is 4.79 Å². The number of aromatic nitrogens is 1. The molecule has 2 N–H and O–H groups in total. The summed E-state index contributed by atoms with van der Waals surface area (Å²) in [6.07, 6.45) is 0. The molecule has 6 heteroatoms. The fraction of sp³-hybridized carbons (Fsp3) is 0.200. The molecule has 0 aliphatic carbocycles. The predicted molar refractivity (Wildman–Crippen MR) is 68.4 cm³/mol. The summed E-state index contributed by atoms with van der Waals surface area (Å²) in [5, 5.41) is 5.52. The summed E-state index contributed by atoms with van der Waals surface area (Å²) in [5.41, 5.74) is 1.60. The van der Waals surface area contributed by atoms with Crippen LogP contribution in [0.4, 0.5) is 0 Å². The summed E-state index contributed by atoms with van der Waals surface area (Å²) in [4.78, 5) is 19.1. The van der Waals surface area contributed by atoms with Gasteiger partial charge in [0.1, 0.15) is 5.69 Å². The number of fused-ring (bicyclic) bond motifs is 1. The number of H-pyrrole nitrogens is 1. The lowest BCUT2D eigenvalue weighted by Crippen LogP contribution is -2.27. The smallest absolute Gasteiger partial charge is 0.273 e. The van der Waals surface area contributed by atoms with E-state index in [0.29, 0.717) is 5.69 Å². The summed E-state index contributed by atoms with van der Waals surface area (Å²) in [7, 11) is 0. The molecule has 1 amide bonds. The summed E-state index contributed by atoms with van der Waals surface area (Å²) in [5.74, 6) is 0.839. The van der Waals surface area contributed by atoms with Gasteiger partial charge in [0.15, 0.2) is 5.17 Å². The Balaban J connectivity index is 1.81. The van der Waals surface area contributed by atoms with Gasteiger partial charge in [0, 0.05) is 5.75 Å². The monoisotopic (exact) mass is 251 g/mol. The van der Waals surface area contributed by atoms with Gasteiger partial charge in [-0.25, -0.2) is 0 Å². The fourth-order valence-electron chi connectivity index (χ4n) is 1.55. The van der Waals surface area contributed by atoms with E-state index in [2.05, 4.69) is 15.3 Å². The minimum absolute atomic E-state index is 0.114. The van der Waals surface area contributed by atoms with Gasteiger partial charge in [-0.3, -0.25) is 9.79 Å². The number of amidine groups is 1. The van der Waals surface area contributed by atoms with Gasteiger partial charge >= 0.3 is 0 Å². The normalized spacial score (nSPS) is 15.4. The minimum atomic E-state index is -0.114. The largest absolute Gasteiger partial charge is 0.350 e. The van der Waals surface area contributed by atoms with Gasteiger partial charge < -0.3 is 10.3 Å². The number of amides is 1. The number of aliphatic imine (C=N–C) groups is 1. The van der Waals surface area contributed by atoms with Crippen molar-refractivity contribution in [1.29, 1.82) is 0 Å². The van der Waals surface area contributed by atoms with Crippen LogP contribution in [0.15, 0.2) is 22.5 Å². The zero-order chi connectivity index (χ0) is 11.0. The number of nitrogens with one attached hydrogen (secondary N) is 2. The molecule has 0 saturated heterocycles. The van der Waals surface area contributed by atoms with Crippen LogP contribution in [0.3, 0.4) is 0 Å². The van der Waals surface area contributed by atoms with Crippen LogP contribution in [-0.4, -0.2) is 28.4 Å². The Labute approximate surface area is 100 Å². The second-order valence-electron chi connectivity index (χ2n) is 3.37. The van der Waals surface area contributed by atoms with Crippen LogP contribution >= 0.6 is 23.1 Å². The SMILES string of the molecule is O=C(NC1=NCCS1)c1cc2sccc2[nH]1. The molecule has 0 saturated carbocycles. The number of nitrogens with zero attached hydrogens (tertiary/aromatic N) is 1. The highest BCUT2D eigenvalue weighted by Gasteiger charge is 2.14. The topological polar surface area (TPSA) is 57.2 Å². The first-order chi connectivity index (χ1) is 7.83. The Bertz CT molecular complexity index is 541. The quantitative estimate of drug-likeness (QED) is 0.815. The number of thiophene rings is 1. The van der Waals surface area contributed by atoms with Crippen molar-refractivity contribution in [1.82, 2.24) is 10.3 Å². The van der Waals surface area contributed by atoms with Gasteiger partial charge in [-0.15, -0.1) is 11.3 Å². The van der Waals surface area contributed by atoms with Crippen LogP contribution < -0.4 is 5.32 Å². The molecule has 1 aliphatic rings. The Morgan fingerprint density at radius 1 is 1.56 bits per heavy atom. The molecule has 2 aromatic heterocycles. The number of aromatic amines is 1. The first-order valence-corrected chi connectivity index (χ1v) is 6.74. The Morgan fingerprint density at radius 2 is 2.50 bits per heavy atom. The second kappa shape index (κ2) is 3.95. The number of hydrogen-bond acceptors (Lipinski definition) is 4. The number of rotatable bonds is 1. The molecule has 3 rings (SSSR count). The van der Waals surface area contributed by atoms with Gasteiger partial charge in [-0.1, -0.05) is 11.8 Å². The molecule has 0 atom stereocenters. The highest BCUT2D eigenvalue weighted by molar-refractivity contribution is 8.14. The average Bonchev–Trinajstić information content (AvgIpc) is 2.91. The van der Waals surface area contributed by atoms with Crippen LogP contribution in [0.5, 0.6) is 0 Å². The number of carbonyl (C=O) groups excluding carboxylic acids is 1. The minimum Gasteiger partial charge on any atom is -0.350 e. The van der Waals surface area contributed by atoms with Crippen LogP contribution in [0.1, 0.15) is 10.5 Å². The molecule has 0 aromatic carbocycles. The molecule has 1 aliphatic heterocycles. The lowest BCUT2D eigenvalue weighted by Gasteiger charge is -2.00. The third-order valence-electron chi connectivity index (χ3n) is 2.29. The lowest BCUT2D eigenvalue weighted by atomic mass is 10.4. The van der Waals surface area contributed by atoms with E-state index in [1.54, 1.807) is 23.1 Å². The molecule has 0 unspecified atom stereocenters. The third kappa shape index (κ3) is 1.74. The van der Waals surface area contributed by atoms with Crippen molar-refractivity contribution < 1.29 is 4.79 Å². The molecule has 82 valence electrons. The van der Waals surface area contributed by atoms with E-state index in [-0.39, 0.29) is 5.91 Å². The summed E-state index contributed by atoms with van der Waals surface area (Å²) in [6, 6.07) is 3.84. The first-order valence-electron chi connectivity index (χ1n) is 4.88. The first kappa shape index (κ1) is 9.92. The fourth-order valence-corrected chi connectivity index (χ4v) is 3.05. The van der Waals surface area contributed by atoms with Crippen molar-refractivity contribution in [2.45, 2.75) is 0 Å². The van der Waals surface area contributed by atoms with Crippen LogP contribution in [0.2, 0.25) is 0 Å². The van der Waals surface area contributed by atoms with E-state index in [1.807, 2.05) is 17.5 Å². The zero-order valence-electron chi connectivity index (χ0n) is 8.32. The summed E-state index contributed by atoms with van der Waals surface area (Å²) < 4.78 is 1.10. The van der Waals surface area contributed by atoms with E-state index in [0.717, 1.165) is 27.7 Å². The summed E-state index contributed by atoms with van der Waals surface area (Å²) >= 11 is 3.20. The molecule has 4 nitrogen and oxygen atoms in total. The van der Waals surface area contributed by atoms with E-state index in [1.165, 1.54) is 0 Å². The zero-order valence-corrected chi connectivity index (χ0v) is 9.95. The van der Waals surface area contributed by atoms with E-state index >= 15 is 0 Å². The number of thioether (sulfide) groups is 1. The Kier molecular flexibility index (Phi) is 2.45. The molecule has 0 radical (unpaired) electrons. The number of carbonyl (C=O) groups is 1. The van der Waals surface area contributed by atoms with Gasteiger partial charge in [-0.2, -0.15) is 0 Å². The molecule has 0 fully saturated rings. The molecule has 3 heterocycles. The molecule has 2 aromatic rings. The molecule has 16 heavy (non-hydrogen) atoms. The van der Waals surface area contributed by atoms with Crippen LogP contribution in [0, 0.1) is 0 Å². The van der Waals surface area contributed by atoms with Crippen LogP contribution in [0.25, 0.3) is 10.2 Å². The average molecular weight is 251 g/mol. The maximum absolute atomic E-state index is 11.8. The molecule has 0 spiro atoms. The van der Waals surface area contributed by atoms with Crippen molar-refractivity contribution >= 4 is 44.4 Å². The maximum atomic E-state index is 11.8. The maximum Gasteiger partial charge on any atom is 0.273 e. The predicted octanol–water partition coefficient (Wildman–Crippen LogP) is 2.06. The standard InChI is InChI=1S/C10H9N3OS2/c14-9(13-10-11-2-4-16-10)7-5-8-6(12-7)1-3-15-8/h1,3,5,12H,2,4H2,(H,11,13,14). The van der Waals surface area contributed by atoms with Crippen molar-refractivity contribution in [3.05, 3.63) is 23.2 Å². The van der Waals surface area contributed by atoms with Crippen molar-refractivity contribution in [2.24, 2.45) is 4.99 Å². The Hall–Kier alpha value is -1.27. The summed E-state index contributed by atoms with van der Waals surface area (Å²) in [6.45, 7) is 0.792. The van der Waals surface area contributed by atoms with E-state index < -0.39 is 0 Å². The van der Waals surface area contributed by atoms with Gasteiger partial charge in [0.2, 0.25) is 0 Å². The van der Waals surface area contributed by atoms with Crippen molar-refractivity contribution in [3.63, 3.8) is 0 Å². The number of hydrogen-bond donors (Lipinski definition) is 2. The Morgan fingerprint density at radius 3 is 3.25 bits per heavy atom. The van der Waals surface area contributed by atoms with Gasteiger partial charge in [0.25, 0.3) is 5.91 Å². The second-order valence-corrected chi connectivity index (χ2v) is 5.40. The van der Waals surface area contributed by atoms with Crippen LogP contribution in [-0.2, 0) is 0 Å². The molecular formula is C10H9N3OS2. The van der Waals surface area contributed by atoms with Gasteiger partial charge in [-0.05, 0) is 17.5 Å². The third-order valence-corrected chi connectivity index (χ3v) is 4.05. The molecular weight excluding hydrogens is 242 g/mol. The van der Waals surface area contributed by atoms with Gasteiger partial charge in [0.05, 0.1) is 16.8 Å². The van der Waals surface area contributed by atoms with Crippen molar-refractivity contribution in [3.8, 4) is 0 Å². The van der Waals surface area contributed by atoms with E-state index in [4.69, 9.17) is 0 Å². The molecule has 0 bridgehead atoms.